The van der Waals surface area contributed by atoms with Gasteiger partial charge in [0, 0.05) is 25.0 Å². The van der Waals surface area contributed by atoms with Crippen LogP contribution in [0.25, 0.3) is 0 Å². The molecular formula is C6H10BrN3. The molecule has 0 aromatic carbocycles. The zero-order chi connectivity index (χ0) is 7.56. The number of nitrogens with two attached hydrogens (primary N) is 1. The summed E-state index contributed by atoms with van der Waals surface area (Å²) in [6.45, 7) is 2.77. The SMILES string of the molecule is CC(N)Cn1ccnc1Br. The van der Waals surface area contributed by atoms with Gasteiger partial charge in [0.1, 0.15) is 0 Å². The molecule has 2 N–H and O–H groups in total. The molecule has 0 saturated carbocycles. The number of hydrogen-bond acceptors (Lipinski definition) is 2. The summed E-state index contributed by atoms with van der Waals surface area (Å²) in [6.07, 6.45) is 3.64. The maximum absolute atomic E-state index is 5.58. The van der Waals surface area contributed by atoms with E-state index in [-0.39, 0.29) is 6.04 Å². The molecule has 0 radical (unpaired) electrons. The molecule has 4 heteroatoms. The molecule has 1 aromatic rings. The smallest absolute Gasteiger partial charge is 0.177 e. The van der Waals surface area contributed by atoms with Crippen molar-refractivity contribution < 1.29 is 0 Å². The van der Waals surface area contributed by atoms with E-state index in [0.717, 1.165) is 11.3 Å². The van der Waals surface area contributed by atoms with Crippen LogP contribution < -0.4 is 5.73 Å². The number of hydrogen-bond donors (Lipinski definition) is 1. The van der Waals surface area contributed by atoms with E-state index in [1.54, 1.807) is 6.20 Å². The minimum Gasteiger partial charge on any atom is -0.326 e. The second-order valence-electron chi connectivity index (χ2n) is 2.33. The lowest BCUT2D eigenvalue weighted by molar-refractivity contribution is 0.580. The van der Waals surface area contributed by atoms with Crippen LogP contribution in [0.15, 0.2) is 17.1 Å². The van der Waals surface area contributed by atoms with Crippen LogP contribution in [-0.4, -0.2) is 15.6 Å². The molecule has 0 spiro atoms. The van der Waals surface area contributed by atoms with Gasteiger partial charge in [-0.25, -0.2) is 4.98 Å². The summed E-state index contributed by atoms with van der Waals surface area (Å²) in [6, 6.07) is 0.172. The fraction of sp³-hybridized carbons (Fsp3) is 0.500. The lowest BCUT2D eigenvalue weighted by Crippen LogP contribution is -2.21. The monoisotopic (exact) mass is 203 g/mol. The Kier molecular flexibility index (Phi) is 2.45. The highest BCUT2D eigenvalue weighted by molar-refractivity contribution is 9.10. The van der Waals surface area contributed by atoms with E-state index in [0.29, 0.717) is 0 Å². The maximum Gasteiger partial charge on any atom is 0.177 e. The molecule has 0 aliphatic carbocycles. The lowest BCUT2D eigenvalue weighted by atomic mass is 10.4. The normalized spacial score (nSPS) is 13.5. The first-order valence-electron chi connectivity index (χ1n) is 3.12. The summed E-state index contributed by atoms with van der Waals surface area (Å²) in [7, 11) is 0. The molecule has 1 aromatic heterocycles. The fourth-order valence-corrected chi connectivity index (χ4v) is 1.14. The molecule has 1 heterocycles. The second-order valence-corrected chi connectivity index (χ2v) is 3.04. The quantitative estimate of drug-likeness (QED) is 0.780. The first-order chi connectivity index (χ1) is 4.70. The van der Waals surface area contributed by atoms with Gasteiger partial charge in [-0.3, -0.25) is 0 Å². The third-order valence-corrected chi connectivity index (χ3v) is 1.81. The molecule has 56 valence electrons. The third kappa shape index (κ3) is 1.82. The molecule has 1 atom stereocenters. The zero-order valence-electron chi connectivity index (χ0n) is 5.79. The van der Waals surface area contributed by atoms with E-state index in [1.807, 2.05) is 17.7 Å². The summed E-state index contributed by atoms with van der Waals surface area (Å²) in [5.41, 5.74) is 5.58. The average molecular weight is 204 g/mol. The number of halogens is 1. The summed E-state index contributed by atoms with van der Waals surface area (Å²) in [4.78, 5) is 3.99. The summed E-state index contributed by atoms with van der Waals surface area (Å²) in [5.74, 6) is 0. The van der Waals surface area contributed by atoms with E-state index >= 15 is 0 Å². The van der Waals surface area contributed by atoms with E-state index in [2.05, 4.69) is 20.9 Å². The number of imidazole rings is 1. The Bertz CT molecular complexity index is 207. The van der Waals surface area contributed by atoms with E-state index in [1.165, 1.54) is 0 Å². The fourth-order valence-electron chi connectivity index (χ4n) is 0.757. The van der Waals surface area contributed by atoms with Gasteiger partial charge >= 0.3 is 0 Å². The molecular weight excluding hydrogens is 194 g/mol. The minimum absolute atomic E-state index is 0.172. The molecule has 0 bridgehead atoms. The highest BCUT2D eigenvalue weighted by Crippen LogP contribution is 2.05. The van der Waals surface area contributed by atoms with Gasteiger partial charge < -0.3 is 10.3 Å². The van der Waals surface area contributed by atoms with Gasteiger partial charge in [0.2, 0.25) is 0 Å². The Labute approximate surface area is 68.4 Å². The van der Waals surface area contributed by atoms with Crippen molar-refractivity contribution in [2.75, 3.05) is 0 Å². The predicted molar refractivity (Wildman–Crippen MR) is 43.6 cm³/mol. The van der Waals surface area contributed by atoms with Crippen molar-refractivity contribution >= 4 is 15.9 Å². The van der Waals surface area contributed by atoms with Crippen LogP contribution in [0.1, 0.15) is 6.92 Å². The average Bonchev–Trinajstić information content (AvgIpc) is 2.15. The van der Waals surface area contributed by atoms with Gasteiger partial charge in [-0.05, 0) is 22.9 Å². The van der Waals surface area contributed by atoms with Crippen LogP contribution >= 0.6 is 15.9 Å². The van der Waals surface area contributed by atoms with Crippen molar-refractivity contribution in [3.8, 4) is 0 Å². The standard InChI is InChI=1S/C6H10BrN3/c1-5(8)4-10-3-2-9-6(10)7/h2-3,5H,4,8H2,1H3. The molecule has 1 rings (SSSR count). The highest BCUT2D eigenvalue weighted by atomic mass is 79.9. The highest BCUT2D eigenvalue weighted by Gasteiger charge is 1.99. The lowest BCUT2D eigenvalue weighted by Gasteiger charge is -2.05. The van der Waals surface area contributed by atoms with Crippen molar-refractivity contribution in [3.05, 3.63) is 17.1 Å². The van der Waals surface area contributed by atoms with Gasteiger partial charge in [0.15, 0.2) is 4.73 Å². The van der Waals surface area contributed by atoms with E-state index < -0.39 is 0 Å². The van der Waals surface area contributed by atoms with Crippen molar-refractivity contribution in [3.63, 3.8) is 0 Å². The minimum atomic E-state index is 0.172. The van der Waals surface area contributed by atoms with E-state index in [9.17, 15) is 0 Å². The largest absolute Gasteiger partial charge is 0.326 e. The summed E-state index contributed by atoms with van der Waals surface area (Å²) >= 11 is 3.29. The molecule has 10 heavy (non-hydrogen) atoms. The van der Waals surface area contributed by atoms with Crippen molar-refractivity contribution in [1.29, 1.82) is 0 Å². The number of aromatic nitrogens is 2. The first kappa shape index (κ1) is 7.75. The molecule has 0 aliphatic rings. The Morgan fingerprint density at radius 3 is 3.00 bits per heavy atom. The van der Waals surface area contributed by atoms with Crippen molar-refractivity contribution in [1.82, 2.24) is 9.55 Å². The van der Waals surface area contributed by atoms with Crippen LogP contribution in [-0.2, 0) is 6.54 Å². The van der Waals surface area contributed by atoms with Crippen molar-refractivity contribution in [2.24, 2.45) is 5.73 Å². The molecule has 0 saturated heterocycles. The van der Waals surface area contributed by atoms with Crippen molar-refractivity contribution in [2.45, 2.75) is 19.5 Å². The Morgan fingerprint density at radius 1 is 1.90 bits per heavy atom. The molecule has 0 fully saturated rings. The third-order valence-electron chi connectivity index (χ3n) is 1.15. The van der Waals surface area contributed by atoms with Gasteiger partial charge in [0.05, 0.1) is 0 Å². The molecule has 0 aliphatic heterocycles. The molecule has 3 nitrogen and oxygen atoms in total. The molecule has 0 amide bonds. The van der Waals surface area contributed by atoms with Crippen LogP contribution in [0.4, 0.5) is 0 Å². The number of nitrogens with zero attached hydrogens (tertiary/aromatic N) is 2. The Hall–Kier alpha value is -0.350. The first-order valence-corrected chi connectivity index (χ1v) is 3.91. The predicted octanol–water partition coefficient (Wildman–Crippen LogP) is 0.993. The second kappa shape index (κ2) is 3.16. The van der Waals surface area contributed by atoms with Crippen LogP contribution in [0, 0.1) is 0 Å². The number of rotatable bonds is 2. The van der Waals surface area contributed by atoms with Crippen LogP contribution in [0.3, 0.4) is 0 Å². The van der Waals surface area contributed by atoms with Crippen LogP contribution in [0.2, 0.25) is 0 Å². The van der Waals surface area contributed by atoms with E-state index in [4.69, 9.17) is 5.73 Å². The van der Waals surface area contributed by atoms with Gasteiger partial charge in [0.25, 0.3) is 0 Å². The molecule has 1 unspecified atom stereocenters. The summed E-state index contributed by atoms with van der Waals surface area (Å²) in [5, 5.41) is 0. The van der Waals surface area contributed by atoms with Gasteiger partial charge in [-0.2, -0.15) is 0 Å². The zero-order valence-corrected chi connectivity index (χ0v) is 7.37. The van der Waals surface area contributed by atoms with Gasteiger partial charge in [-0.1, -0.05) is 0 Å². The topological polar surface area (TPSA) is 43.8 Å². The maximum atomic E-state index is 5.58. The van der Waals surface area contributed by atoms with Gasteiger partial charge in [-0.15, -0.1) is 0 Å². The van der Waals surface area contributed by atoms with Crippen LogP contribution in [0.5, 0.6) is 0 Å². The Morgan fingerprint density at radius 2 is 2.60 bits per heavy atom. The Balaban J connectivity index is 2.65. The summed E-state index contributed by atoms with van der Waals surface area (Å²) < 4.78 is 2.80.